The Bertz CT molecular complexity index is 426. The van der Waals surface area contributed by atoms with Crippen molar-refractivity contribution in [3.63, 3.8) is 0 Å². The number of anilines is 1. The molecule has 1 unspecified atom stereocenters. The normalized spacial score (nSPS) is 11.6. The van der Waals surface area contributed by atoms with Crippen LogP contribution in [0, 0.1) is 11.3 Å². The molecule has 0 amide bonds. The Morgan fingerprint density at radius 2 is 2.41 bits per heavy atom. The van der Waals surface area contributed by atoms with Crippen LogP contribution in [0.25, 0.3) is 0 Å². The van der Waals surface area contributed by atoms with Gasteiger partial charge in [0.25, 0.3) is 0 Å². The van der Waals surface area contributed by atoms with Crippen molar-refractivity contribution >= 4 is 21.6 Å². The van der Waals surface area contributed by atoms with Crippen LogP contribution in [0.4, 0.5) is 5.69 Å². The largest absolute Gasteiger partial charge is 0.382 e. The number of nitriles is 1. The summed E-state index contributed by atoms with van der Waals surface area (Å²) in [5, 5.41) is 12.0. The zero-order valence-electron chi connectivity index (χ0n) is 9.74. The van der Waals surface area contributed by atoms with Gasteiger partial charge < -0.3 is 10.1 Å². The molecule has 3 nitrogen and oxygen atoms in total. The summed E-state index contributed by atoms with van der Waals surface area (Å²) in [4.78, 5) is 0. The van der Waals surface area contributed by atoms with E-state index < -0.39 is 0 Å². The van der Waals surface area contributed by atoms with Crippen LogP contribution in [0.2, 0.25) is 0 Å². The van der Waals surface area contributed by atoms with Gasteiger partial charge >= 0.3 is 0 Å². The molecule has 0 radical (unpaired) electrons. The van der Waals surface area contributed by atoms with Gasteiger partial charge in [-0.2, -0.15) is 5.26 Å². The van der Waals surface area contributed by atoms with E-state index in [0.29, 0.717) is 18.7 Å². The Hall–Kier alpha value is -1.31. The van der Waals surface area contributed by atoms with E-state index in [1.807, 2.05) is 13.0 Å². The highest BCUT2D eigenvalue weighted by atomic mass is 79.9. The molecular weight excluding hydrogens is 280 g/mol. The van der Waals surface area contributed by atoms with Crippen molar-refractivity contribution in [1.82, 2.24) is 0 Å². The molecule has 0 aliphatic carbocycles. The molecule has 0 aliphatic heterocycles. The van der Waals surface area contributed by atoms with Crippen LogP contribution in [0.1, 0.15) is 12.5 Å². The minimum atomic E-state index is 0.107. The number of halogens is 1. The molecule has 1 rings (SSSR count). The predicted octanol–water partition coefficient (Wildman–Crippen LogP) is 3.32. The molecule has 17 heavy (non-hydrogen) atoms. The lowest BCUT2D eigenvalue weighted by atomic mass is 10.2. The minimum Gasteiger partial charge on any atom is -0.382 e. The SMILES string of the molecule is C=CCOC(C)CNc1ccc(C#N)cc1Br. The van der Waals surface area contributed by atoms with Gasteiger partial charge in [-0.1, -0.05) is 6.08 Å². The minimum absolute atomic E-state index is 0.107. The third-order valence-electron chi connectivity index (χ3n) is 2.18. The average molecular weight is 295 g/mol. The molecule has 0 saturated carbocycles. The second kappa shape index (κ2) is 7.10. The Balaban J connectivity index is 2.52. The van der Waals surface area contributed by atoms with Crippen LogP contribution in [-0.4, -0.2) is 19.3 Å². The summed E-state index contributed by atoms with van der Waals surface area (Å²) in [5.41, 5.74) is 1.59. The lowest BCUT2D eigenvalue weighted by Crippen LogP contribution is -2.20. The number of nitrogens with zero attached hydrogens (tertiary/aromatic N) is 1. The fraction of sp³-hybridized carbons (Fsp3) is 0.308. The molecule has 0 bridgehead atoms. The molecule has 1 aromatic carbocycles. The van der Waals surface area contributed by atoms with Crippen LogP contribution < -0.4 is 5.32 Å². The van der Waals surface area contributed by atoms with Gasteiger partial charge in [0.2, 0.25) is 0 Å². The van der Waals surface area contributed by atoms with Crippen molar-refractivity contribution < 1.29 is 4.74 Å². The quantitative estimate of drug-likeness (QED) is 0.819. The second-order valence-electron chi connectivity index (χ2n) is 3.62. The van der Waals surface area contributed by atoms with Gasteiger partial charge in [0, 0.05) is 16.7 Å². The molecule has 0 aliphatic rings. The zero-order valence-corrected chi connectivity index (χ0v) is 11.3. The van der Waals surface area contributed by atoms with E-state index in [1.165, 1.54) is 0 Å². The van der Waals surface area contributed by atoms with Crippen molar-refractivity contribution in [2.75, 3.05) is 18.5 Å². The van der Waals surface area contributed by atoms with E-state index in [-0.39, 0.29) is 6.10 Å². The molecule has 0 spiro atoms. The lowest BCUT2D eigenvalue weighted by molar-refractivity contribution is 0.0980. The Kier molecular flexibility index (Phi) is 5.75. The number of rotatable bonds is 6. The molecule has 90 valence electrons. The van der Waals surface area contributed by atoms with Gasteiger partial charge in [-0.3, -0.25) is 0 Å². The highest BCUT2D eigenvalue weighted by Crippen LogP contribution is 2.23. The molecule has 1 atom stereocenters. The summed E-state index contributed by atoms with van der Waals surface area (Å²) in [7, 11) is 0. The smallest absolute Gasteiger partial charge is 0.0992 e. The van der Waals surface area contributed by atoms with Crippen molar-refractivity contribution in [1.29, 1.82) is 5.26 Å². The van der Waals surface area contributed by atoms with Gasteiger partial charge in [-0.05, 0) is 41.1 Å². The maximum Gasteiger partial charge on any atom is 0.0992 e. The summed E-state index contributed by atoms with van der Waals surface area (Å²) in [6, 6.07) is 7.54. The van der Waals surface area contributed by atoms with Crippen molar-refractivity contribution in [3.8, 4) is 6.07 Å². The maximum absolute atomic E-state index is 8.75. The predicted molar refractivity (Wildman–Crippen MR) is 73.0 cm³/mol. The van der Waals surface area contributed by atoms with Crippen LogP contribution in [0.5, 0.6) is 0 Å². The van der Waals surface area contributed by atoms with E-state index >= 15 is 0 Å². The first-order valence-electron chi connectivity index (χ1n) is 5.33. The van der Waals surface area contributed by atoms with Gasteiger partial charge in [0.15, 0.2) is 0 Å². The van der Waals surface area contributed by atoms with Crippen molar-refractivity contribution in [2.24, 2.45) is 0 Å². The molecule has 4 heteroatoms. The van der Waals surface area contributed by atoms with Crippen LogP contribution in [0.3, 0.4) is 0 Å². The number of benzene rings is 1. The summed E-state index contributed by atoms with van der Waals surface area (Å²) in [6.07, 6.45) is 1.84. The van der Waals surface area contributed by atoms with Gasteiger partial charge in [0.1, 0.15) is 0 Å². The van der Waals surface area contributed by atoms with E-state index in [0.717, 1.165) is 10.2 Å². The topological polar surface area (TPSA) is 45.0 Å². The Morgan fingerprint density at radius 3 is 3.00 bits per heavy atom. The van der Waals surface area contributed by atoms with E-state index in [4.69, 9.17) is 10.00 Å². The van der Waals surface area contributed by atoms with Crippen molar-refractivity contribution in [2.45, 2.75) is 13.0 Å². The Morgan fingerprint density at radius 1 is 1.65 bits per heavy atom. The Labute approximate surface area is 110 Å². The average Bonchev–Trinajstić information content (AvgIpc) is 2.34. The van der Waals surface area contributed by atoms with Crippen LogP contribution in [-0.2, 0) is 4.74 Å². The van der Waals surface area contributed by atoms with Gasteiger partial charge in [-0.15, -0.1) is 6.58 Å². The summed E-state index contributed by atoms with van der Waals surface area (Å²) >= 11 is 3.42. The molecule has 0 aromatic heterocycles. The first kappa shape index (κ1) is 13.8. The monoisotopic (exact) mass is 294 g/mol. The third-order valence-corrected chi connectivity index (χ3v) is 2.83. The summed E-state index contributed by atoms with van der Waals surface area (Å²) < 4.78 is 6.33. The highest BCUT2D eigenvalue weighted by molar-refractivity contribution is 9.10. The second-order valence-corrected chi connectivity index (χ2v) is 4.47. The molecule has 1 aromatic rings. The third kappa shape index (κ3) is 4.59. The molecule has 0 fully saturated rings. The molecule has 0 saturated heterocycles. The molecular formula is C13H15BrN2O. The number of hydrogen-bond donors (Lipinski definition) is 1. The number of ether oxygens (including phenoxy) is 1. The van der Waals surface area contributed by atoms with Crippen LogP contribution in [0.15, 0.2) is 35.3 Å². The highest BCUT2D eigenvalue weighted by Gasteiger charge is 2.04. The number of hydrogen-bond acceptors (Lipinski definition) is 3. The first-order chi connectivity index (χ1) is 8.17. The fourth-order valence-electron chi connectivity index (χ4n) is 1.27. The lowest BCUT2D eigenvalue weighted by Gasteiger charge is -2.14. The summed E-state index contributed by atoms with van der Waals surface area (Å²) in [6.45, 7) is 6.85. The van der Waals surface area contributed by atoms with Crippen molar-refractivity contribution in [3.05, 3.63) is 40.9 Å². The zero-order chi connectivity index (χ0) is 12.7. The first-order valence-corrected chi connectivity index (χ1v) is 6.12. The van der Waals surface area contributed by atoms with Gasteiger partial charge in [0.05, 0.1) is 24.3 Å². The van der Waals surface area contributed by atoms with E-state index in [2.05, 4.69) is 33.9 Å². The maximum atomic E-state index is 8.75. The standard InChI is InChI=1S/C13H15BrN2O/c1-3-6-17-10(2)9-16-13-5-4-11(8-15)7-12(13)14/h3-5,7,10,16H,1,6,9H2,2H3. The molecule has 0 heterocycles. The molecule has 1 N–H and O–H groups in total. The van der Waals surface area contributed by atoms with E-state index in [9.17, 15) is 0 Å². The fourth-order valence-corrected chi connectivity index (χ4v) is 1.79. The van der Waals surface area contributed by atoms with Gasteiger partial charge in [-0.25, -0.2) is 0 Å². The van der Waals surface area contributed by atoms with E-state index in [1.54, 1.807) is 18.2 Å². The number of nitrogens with one attached hydrogen (secondary N) is 1. The summed E-state index contributed by atoms with van der Waals surface area (Å²) in [5.74, 6) is 0. The van der Waals surface area contributed by atoms with Crippen LogP contribution >= 0.6 is 15.9 Å².